The van der Waals surface area contributed by atoms with Gasteiger partial charge < -0.3 is 9.47 Å². The Labute approximate surface area is 136 Å². The van der Waals surface area contributed by atoms with E-state index in [0.717, 1.165) is 53.9 Å². The lowest BCUT2D eigenvalue weighted by molar-refractivity contribution is -0.0375. The van der Waals surface area contributed by atoms with Crippen molar-refractivity contribution >= 4 is 0 Å². The minimum atomic E-state index is -0.0960. The summed E-state index contributed by atoms with van der Waals surface area (Å²) >= 11 is 0. The van der Waals surface area contributed by atoms with Crippen LogP contribution in [0.3, 0.4) is 0 Å². The van der Waals surface area contributed by atoms with Crippen LogP contribution in [0.25, 0.3) is 0 Å². The van der Waals surface area contributed by atoms with Gasteiger partial charge in [0, 0.05) is 37.0 Å². The van der Waals surface area contributed by atoms with Crippen LogP contribution < -0.4 is 4.74 Å². The number of aromatic nitrogens is 4. The molecule has 1 atom stereocenters. The highest BCUT2D eigenvalue weighted by molar-refractivity contribution is 5.41. The first kappa shape index (κ1) is 15.9. The molecule has 7 nitrogen and oxygen atoms in total. The molecule has 3 rings (SSSR count). The second-order valence-electron chi connectivity index (χ2n) is 5.92. The van der Waals surface area contributed by atoms with Gasteiger partial charge >= 0.3 is 0 Å². The van der Waals surface area contributed by atoms with Crippen molar-refractivity contribution in [3.8, 4) is 5.75 Å². The largest absolute Gasteiger partial charge is 0.496 e. The third-order valence-electron chi connectivity index (χ3n) is 4.18. The van der Waals surface area contributed by atoms with E-state index in [1.54, 1.807) is 7.11 Å². The second kappa shape index (κ2) is 6.64. The van der Waals surface area contributed by atoms with E-state index in [2.05, 4.69) is 32.0 Å². The SMILES string of the molecule is COc1c(C)cnc(CN2CCOC(c3n[nH]c(C)n3)C2)c1C. The van der Waals surface area contributed by atoms with Gasteiger partial charge in [-0.05, 0) is 20.8 Å². The maximum absolute atomic E-state index is 5.81. The van der Waals surface area contributed by atoms with E-state index in [1.165, 1.54) is 0 Å². The smallest absolute Gasteiger partial charge is 0.180 e. The number of methoxy groups -OCH3 is 1. The van der Waals surface area contributed by atoms with Crippen molar-refractivity contribution in [3.05, 3.63) is 34.7 Å². The molecular weight excluding hydrogens is 294 g/mol. The maximum atomic E-state index is 5.81. The minimum absolute atomic E-state index is 0.0960. The third kappa shape index (κ3) is 3.35. The monoisotopic (exact) mass is 317 g/mol. The van der Waals surface area contributed by atoms with Gasteiger partial charge in [-0.2, -0.15) is 5.10 Å². The van der Waals surface area contributed by atoms with Gasteiger partial charge in [-0.15, -0.1) is 0 Å². The summed E-state index contributed by atoms with van der Waals surface area (Å²) in [6, 6.07) is 0. The summed E-state index contributed by atoms with van der Waals surface area (Å²) in [5.74, 6) is 2.45. The van der Waals surface area contributed by atoms with Crippen molar-refractivity contribution in [2.75, 3.05) is 26.8 Å². The van der Waals surface area contributed by atoms with Gasteiger partial charge in [0.2, 0.25) is 0 Å². The molecule has 7 heteroatoms. The number of morpholine rings is 1. The molecule has 0 radical (unpaired) electrons. The van der Waals surface area contributed by atoms with Crippen LogP contribution in [0, 0.1) is 20.8 Å². The van der Waals surface area contributed by atoms with Gasteiger partial charge in [-0.3, -0.25) is 15.0 Å². The molecule has 0 aromatic carbocycles. The van der Waals surface area contributed by atoms with E-state index in [9.17, 15) is 0 Å². The zero-order valence-electron chi connectivity index (χ0n) is 14.1. The maximum Gasteiger partial charge on any atom is 0.180 e. The average molecular weight is 317 g/mol. The number of rotatable bonds is 4. The Bertz CT molecular complexity index is 685. The molecule has 1 aliphatic rings. The van der Waals surface area contributed by atoms with Crippen LogP contribution in [0.1, 0.15) is 34.6 Å². The number of aryl methyl sites for hydroxylation is 2. The van der Waals surface area contributed by atoms with Crippen LogP contribution in [0.15, 0.2) is 6.20 Å². The van der Waals surface area contributed by atoms with Crippen LogP contribution in [-0.2, 0) is 11.3 Å². The van der Waals surface area contributed by atoms with Crippen molar-refractivity contribution in [3.63, 3.8) is 0 Å². The van der Waals surface area contributed by atoms with E-state index < -0.39 is 0 Å². The molecule has 0 bridgehead atoms. The Kier molecular flexibility index (Phi) is 4.58. The Morgan fingerprint density at radius 2 is 2.22 bits per heavy atom. The van der Waals surface area contributed by atoms with Crippen molar-refractivity contribution in [1.29, 1.82) is 0 Å². The predicted octanol–water partition coefficient (Wildman–Crippen LogP) is 1.71. The molecule has 2 aromatic rings. The van der Waals surface area contributed by atoms with Gasteiger partial charge in [0.1, 0.15) is 17.7 Å². The number of hydrogen-bond donors (Lipinski definition) is 1. The second-order valence-corrected chi connectivity index (χ2v) is 5.92. The van der Waals surface area contributed by atoms with Crippen LogP contribution >= 0.6 is 0 Å². The highest BCUT2D eigenvalue weighted by Crippen LogP contribution is 2.26. The van der Waals surface area contributed by atoms with Crippen molar-refractivity contribution in [2.45, 2.75) is 33.4 Å². The van der Waals surface area contributed by atoms with Gasteiger partial charge in [-0.1, -0.05) is 0 Å². The third-order valence-corrected chi connectivity index (χ3v) is 4.18. The Hall–Kier alpha value is -1.99. The minimum Gasteiger partial charge on any atom is -0.496 e. The Morgan fingerprint density at radius 3 is 2.91 bits per heavy atom. The number of ether oxygens (including phenoxy) is 2. The van der Waals surface area contributed by atoms with Crippen LogP contribution in [0.5, 0.6) is 5.75 Å². The summed E-state index contributed by atoms with van der Waals surface area (Å²) < 4.78 is 11.3. The van der Waals surface area contributed by atoms with E-state index >= 15 is 0 Å². The van der Waals surface area contributed by atoms with Gasteiger partial charge in [0.25, 0.3) is 0 Å². The van der Waals surface area contributed by atoms with Gasteiger partial charge in [0.05, 0.1) is 19.4 Å². The van der Waals surface area contributed by atoms with E-state index in [1.807, 2.05) is 20.0 Å². The highest BCUT2D eigenvalue weighted by atomic mass is 16.5. The quantitative estimate of drug-likeness (QED) is 0.925. The summed E-state index contributed by atoms with van der Waals surface area (Å²) in [5, 5.41) is 7.09. The lowest BCUT2D eigenvalue weighted by Crippen LogP contribution is -2.38. The summed E-state index contributed by atoms with van der Waals surface area (Å²) in [4.78, 5) is 11.3. The van der Waals surface area contributed by atoms with Crippen molar-refractivity contribution in [1.82, 2.24) is 25.1 Å². The molecule has 1 fully saturated rings. The summed E-state index contributed by atoms with van der Waals surface area (Å²) in [7, 11) is 1.70. The molecule has 1 N–H and O–H groups in total. The number of hydrogen-bond acceptors (Lipinski definition) is 6. The molecule has 1 aliphatic heterocycles. The Morgan fingerprint density at radius 1 is 1.39 bits per heavy atom. The molecule has 23 heavy (non-hydrogen) atoms. The van der Waals surface area contributed by atoms with E-state index in [-0.39, 0.29) is 6.10 Å². The van der Waals surface area contributed by atoms with Crippen LogP contribution in [-0.4, -0.2) is 51.9 Å². The molecule has 2 aromatic heterocycles. The summed E-state index contributed by atoms with van der Waals surface area (Å²) in [6.45, 7) is 9.03. The van der Waals surface area contributed by atoms with Gasteiger partial charge in [0.15, 0.2) is 5.82 Å². The normalized spacial score (nSPS) is 19.0. The standard InChI is InChI=1S/C16H23N5O2/c1-10-7-17-13(11(2)15(10)22-4)8-21-5-6-23-14(9-21)16-18-12(3)19-20-16/h7,14H,5-6,8-9H2,1-4H3,(H,18,19,20). The van der Waals surface area contributed by atoms with Gasteiger partial charge in [-0.25, -0.2) is 4.98 Å². The number of aromatic amines is 1. The van der Waals surface area contributed by atoms with Crippen molar-refractivity contribution in [2.24, 2.45) is 0 Å². The fourth-order valence-electron chi connectivity index (χ4n) is 2.95. The van der Waals surface area contributed by atoms with Crippen LogP contribution in [0.2, 0.25) is 0 Å². The fourth-order valence-corrected chi connectivity index (χ4v) is 2.95. The molecule has 0 amide bonds. The lowest BCUT2D eigenvalue weighted by Gasteiger charge is -2.31. The zero-order chi connectivity index (χ0) is 16.4. The first-order valence-electron chi connectivity index (χ1n) is 7.80. The molecule has 124 valence electrons. The molecule has 0 aliphatic carbocycles. The molecule has 0 spiro atoms. The molecule has 1 saturated heterocycles. The molecule has 1 unspecified atom stereocenters. The molecular formula is C16H23N5O2. The number of pyridine rings is 1. The van der Waals surface area contributed by atoms with E-state index in [0.29, 0.717) is 6.61 Å². The predicted molar refractivity (Wildman–Crippen MR) is 85.4 cm³/mol. The molecule has 0 saturated carbocycles. The average Bonchev–Trinajstić information content (AvgIpc) is 2.98. The highest BCUT2D eigenvalue weighted by Gasteiger charge is 2.26. The number of H-pyrrole nitrogens is 1. The first-order chi connectivity index (χ1) is 11.1. The number of nitrogens with one attached hydrogen (secondary N) is 1. The summed E-state index contributed by atoms with van der Waals surface area (Å²) in [6.07, 6.45) is 1.78. The van der Waals surface area contributed by atoms with Crippen molar-refractivity contribution < 1.29 is 9.47 Å². The first-order valence-corrected chi connectivity index (χ1v) is 7.80. The summed E-state index contributed by atoms with van der Waals surface area (Å²) in [5.41, 5.74) is 3.20. The Balaban J connectivity index is 1.73. The topological polar surface area (TPSA) is 76.2 Å². The fraction of sp³-hybridized carbons (Fsp3) is 0.562. The van der Waals surface area contributed by atoms with E-state index in [4.69, 9.17) is 9.47 Å². The zero-order valence-corrected chi connectivity index (χ0v) is 14.1. The molecule has 3 heterocycles. The van der Waals surface area contributed by atoms with Crippen LogP contribution in [0.4, 0.5) is 0 Å². The number of nitrogens with zero attached hydrogens (tertiary/aromatic N) is 4. The lowest BCUT2D eigenvalue weighted by atomic mass is 10.1.